The molecule has 0 radical (unpaired) electrons. The zero-order valence-corrected chi connectivity index (χ0v) is 47.7. The molecule has 0 aromatic heterocycles. The molecule has 71 heavy (non-hydrogen) atoms. The van der Waals surface area contributed by atoms with Crippen molar-refractivity contribution in [3.05, 3.63) is 36.5 Å². The Morgan fingerprint density at radius 1 is 0.394 bits per heavy atom. The Labute approximate surface area is 443 Å². The zero-order chi connectivity index (χ0) is 51.4. The number of hydrogen-bond donors (Lipinski definition) is 3. The maximum atomic E-state index is 12.5. The summed E-state index contributed by atoms with van der Waals surface area (Å²) in [6.07, 6.45) is 75.8. The average molecular weight is 999 g/mol. The van der Waals surface area contributed by atoms with Crippen molar-refractivity contribution in [3.63, 3.8) is 0 Å². The van der Waals surface area contributed by atoms with E-state index < -0.39 is 12.1 Å². The van der Waals surface area contributed by atoms with Crippen molar-refractivity contribution in [3.8, 4) is 0 Å². The van der Waals surface area contributed by atoms with Gasteiger partial charge in [-0.25, -0.2) is 0 Å². The average Bonchev–Trinajstić information content (AvgIpc) is 3.37. The van der Waals surface area contributed by atoms with Crippen LogP contribution in [0, 0.1) is 0 Å². The molecule has 0 aromatic rings. The van der Waals surface area contributed by atoms with Crippen LogP contribution >= 0.6 is 0 Å². The zero-order valence-electron chi connectivity index (χ0n) is 47.7. The molecule has 2 atom stereocenters. The van der Waals surface area contributed by atoms with E-state index in [1.165, 1.54) is 238 Å². The number of hydrogen-bond acceptors (Lipinski definition) is 5. The molecular formula is C65H123NO5. The number of aliphatic hydroxyl groups is 2. The van der Waals surface area contributed by atoms with Crippen molar-refractivity contribution in [1.29, 1.82) is 0 Å². The maximum absolute atomic E-state index is 12.5. The Morgan fingerprint density at radius 2 is 0.704 bits per heavy atom. The van der Waals surface area contributed by atoms with Crippen LogP contribution in [0.4, 0.5) is 0 Å². The Hall–Kier alpha value is -1.92. The molecule has 0 heterocycles. The Balaban J connectivity index is 3.46. The molecule has 0 aliphatic heterocycles. The molecule has 0 saturated heterocycles. The summed E-state index contributed by atoms with van der Waals surface area (Å²) in [4.78, 5) is 24.6. The quantitative estimate of drug-likeness (QED) is 0.0321. The number of rotatable bonds is 59. The fraction of sp³-hybridized carbons (Fsp3) is 0.877. The molecule has 0 fully saturated rings. The molecule has 0 spiro atoms. The van der Waals surface area contributed by atoms with Crippen LogP contribution in [-0.4, -0.2) is 47.4 Å². The summed E-state index contributed by atoms with van der Waals surface area (Å²) < 4.78 is 5.47. The number of carbonyl (C=O) groups excluding carboxylic acids is 2. The van der Waals surface area contributed by atoms with Gasteiger partial charge in [0.2, 0.25) is 5.91 Å². The van der Waals surface area contributed by atoms with Crippen LogP contribution in [0.1, 0.15) is 341 Å². The van der Waals surface area contributed by atoms with Crippen LogP contribution in [0.2, 0.25) is 0 Å². The van der Waals surface area contributed by atoms with E-state index >= 15 is 0 Å². The molecule has 0 saturated carbocycles. The fourth-order valence-electron chi connectivity index (χ4n) is 9.78. The lowest BCUT2D eigenvalue weighted by molar-refractivity contribution is -0.143. The molecule has 0 aliphatic rings. The Kier molecular flexibility index (Phi) is 59.0. The highest BCUT2D eigenvalue weighted by atomic mass is 16.5. The van der Waals surface area contributed by atoms with E-state index in [-0.39, 0.29) is 18.5 Å². The van der Waals surface area contributed by atoms with Gasteiger partial charge < -0.3 is 20.3 Å². The van der Waals surface area contributed by atoms with Crippen LogP contribution in [0.5, 0.6) is 0 Å². The van der Waals surface area contributed by atoms with Crippen LogP contribution in [0.15, 0.2) is 36.5 Å². The number of allylic oxidation sites excluding steroid dienone is 6. The van der Waals surface area contributed by atoms with Gasteiger partial charge in [-0.1, -0.05) is 281 Å². The number of aliphatic hydroxyl groups excluding tert-OH is 2. The number of ether oxygens (including phenoxy) is 1. The molecule has 6 heteroatoms. The second kappa shape index (κ2) is 60.6. The van der Waals surface area contributed by atoms with Gasteiger partial charge in [-0.05, 0) is 83.5 Å². The van der Waals surface area contributed by atoms with Crippen LogP contribution in [0.3, 0.4) is 0 Å². The third-order valence-corrected chi connectivity index (χ3v) is 14.7. The molecule has 2 unspecified atom stereocenters. The Morgan fingerprint density at radius 3 is 1.11 bits per heavy atom. The summed E-state index contributed by atoms with van der Waals surface area (Å²) in [6, 6.07) is -0.553. The van der Waals surface area contributed by atoms with Gasteiger partial charge in [-0.2, -0.15) is 0 Å². The molecule has 6 nitrogen and oxygen atoms in total. The minimum Gasteiger partial charge on any atom is -0.466 e. The first-order valence-corrected chi connectivity index (χ1v) is 31.7. The predicted octanol–water partition coefficient (Wildman–Crippen LogP) is 20.0. The molecule has 0 bridgehead atoms. The van der Waals surface area contributed by atoms with Gasteiger partial charge in [0.25, 0.3) is 0 Å². The van der Waals surface area contributed by atoms with Gasteiger partial charge in [0, 0.05) is 12.8 Å². The second-order valence-corrected chi connectivity index (χ2v) is 21.7. The molecule has 0 rings (SSSR count). The maximum Gasteiger partial charge on any atom is 0.305 e. The van der Waals surface area contributed by atoms with Gasteiger partial charge in [0.05, 0.1) is 25.4 Å². The van der Waals surface area contributed by atoms with Gasteiger partial charge in [0.1, 0.15) is 0 Å². The lowest BCUT2D eigenvalue weighted by Crippen LogP contribution is -2.45. The largest absolute Gasteiger partial charge is 0.466 e. The van der Waals surface area contributed by atoms with Gasteiger partial charge in [0.15, 0.2) is 0 Å². The SMILES string of the molecule is CCCCC/C=C\C/C=C\CCCCCCCC(=O)OCCCCCCCCCCC/C=C\CCCCCCCC(=O)NC(CO)C(O)CCCCCCCCCCCCCCCCCCCCCCC. The van der Waals surface area contributed by atoms with Crippen molar-refractivity contribution in [2.75, 3.05) is 13.2 Å². The number of carbonyl (C=O) groups is 2. The molecule has 0 aliphatic carbocycles. The summed E-state index contributed by atoms with van der Waals surface area (Å²) in [5.41, 5.74) is 0. The van der Waals surface area contributed by atoms with E-state index in [1.54, 1.807) is 0 Å². The van der Waals surface area contributed by atoms with Gasteiger partial charge >= 0.3 is 5.97 Å². The van der Waals surface area contributed by atoms with Gasteiger partial charge in [-0.3, -0.25) is 9.59 Å². The number of unbranched alkanes of at least 4 members (excludes halogenated alkanes) is 42. The van der Waals surface area contributed by atoms with E-state index in [0.29, 0.717) is 25.9 Å². The molecule has 1 amide bonds. The first kappa shape index (κ1) is 69.1. The summed E-state index contributed by atoms with van der Waals surface area (Å²) in [6.45, 7) is 4.93. The third-order valence-electron chi connectivity index (χ3n) is 14.7. The first-order chi connectivity index (χ1) is 35.0. The highest BCUT2D eigenvalue weighted by Gasteiger charge is 2.20. The smallest absolute Gasteiger partial charge is 0.305 e. The van der Waals surface area contributed by atoms with Crippen molar-refractivity contribution in [1.82, 2.24) is 5.32 Å². The van der Waals surface area contributed by atoms with Crippen molar-refractivity contribution >= 4 is 11.9 Å². The second-order valence-electron chi connectivity index (χ2n) is 21.7. The van der Waals surface area contributed by atoms with Gasteiger partial charge in [-0.15, -0.1) is 0 Å². The van der Waals surface area contributed by atoms with E-state index in [4.69, 9.17) is 4.74 Å². The summed E-state index contributed by atoms with van der Waals surface area (Å²) in [5, 5.41) is 23.4. The highest BCUT2D eigenvalue weighted by molar-refractivity contribution is 5.76. The van der Waals surface area contributed by atoms with Crippen molar-refractivity contribution in [2.24, 2.45) is 0 Å². The standard InChI is InChI=1S/C65H123NO5/c1-3-5-7-9-11-13-15-17-19-20-21-22-23-26-30-33-37-41-45-49-53-57-63(68)62(61-67)66-64(69)58-54-50-46-42-38-34-31-27-24-25-28-32-36-40-44-48-52-56-60-71-65(70)59-55-51-47-43-39-35-29-18-16-14-12-10-8-6-4-2/h12,14,18,27,29,31,62-63,67-68H,3-11,13,15-17,19-26,28,30,32-61H2,1-2H3,(H,66,69)/b14-12-,29-18-,31-27-. The molecule has 3 N–H and O–H groups in total. The third kappa shape index (κ3) is 57.2. The van der Waals surface area contributed by atoms with E-state index in [1.807, 2.05) is 0 Å². The molecular weight excluding hydrogens is 875 g/mol. The summed E-state index contributed by atoms with van der Waals surface area (Å²) in [7, 11) is 0. The van der Waals surface area contributed by atoms with E-state index in [0.717, 1.165) is 70.6 Å². The van der Waals surface area contributed by atoms with Crippen molar-refractivity contribution < 1.29 is 24.5 Å². The van der Waals surface area contributed by atoms with E-state index in [2.05, 4.69) is 55.6 Å². The minimum atomic E-state index is -0.675. The highest BCUT2D eigenvalue weighted by Crippen LogP contribution is 2.18. The minimum absolute atomic E-state index is 0.0106. The summed E-state index contributed by atoms with van der Waals surface area (Å²) in [5.74, 6) is -0.0575. The monoisotopic (exact) mass is 998 g/mol. The van der Waals surface area contributed by atoms with Crippen molar-refractivity contribution in [2.45, 2.75) is 353 Å². The van der Waals surface area contributed by atoms with Crippen LogP contribution < -0.4 is 5.32 Å². The molecule has 418 valence electrons. The lowest BCUT2D eigenvalue weighted by atomic mass is 10.0. The van der Waals surface area contributed by atoms with Crippen LogP contribution in [-0.2, 0) is 14.3 Å². The number of nitrogens with one attached hydrogen (secondary N) is 1. The fourth-order valence-corrected chi connectivity index (χ4v) is 9.78. The normalized spacial score (nSPS) is 12.8. The Bertz CT molecular complexity index is 1150. The topological polar surface area (TPSA) is 95.9 Å². The number of amides is 1. The summed E-state index contributed by atoms with van der Waals surface area (Å²) >= 11 is 0. The molecule has 0 aromatic carbocycles. The van der Waals surface area contributed by atoms with Crippen LogP contribution in [0.25, 0.3) is 0 Å². The predicted molar refractivity (Wildman–Crippen MR) is 310 cm³/mol. The van der Waals surface area contributed by atoms with E-state index in [9.17, 15) is 19.8 Å². The lowest BCUT2D eigenvalue weighted by Gasteiger charge is -2.22. The first-order valence-electron chi connectivity index (χ1n) is 31.7. The number of esters is 1.